The van der Waals surface area contributed by atoms with Crippen LogP contribution in [0.2, 0.25) is 0 Å². The van der Waals surface area contributed by atoms with E-state index in [4.69, 9.17) is 9.47 Å². The Labute approximate surface area is 187 Å². The molecule has 1 aliphatic heterocycles. The van der Waals surface area contributed by atoms with Crippen LogP contribution in [0.1, 0.15) is 24.9 Å². The van der Waals surface area contributed by atoms with Crippen molar-refractivity contribution in [2.75, 3.05) is 38.7 Å². The molecule has 172 valence electrons. The van der Waals surface area contributed by atoms with Crippen LogP contribution in [0.25, 0.3) is 0 Å². The first-order valence-corrected chi connectivity index (χ1v) is 11.6. The SMILES string of the molecule is COc1ccc(NC(=O)C[C@H](NC(C)=O)c2ccccc2)cc1S(=O)(=O)N1CCOCC1. The van der Waals surface area contributed by atoms with Gasteiger partial charge in [0.25, 0.3) is 0 Å². The Morgan fingerprint density at radius 2 is 1.81 bits per heavy atom. The van der Waals surface area contributed by atoms with Crippen LogP contribution >= 0.6 is 0 Å². The highest BCUT2D eigenvalue weighted by Crippen LogP contribution is 2.30. The molecule has 0 aliphatic carbocycles. The first kappa shape index (κ1) is 23.7. The van der Waals surface area contributed by atoms with E-state index in [0.717, 1.165) is 5.56 Å². The smallest absolute Gasteiger partial charge is 0.246 e. The van der Waals surface area contributed by atoms with E-state index in [-0.39, 0.29) is 42.0 Å². The quantitative estimate of drug-likeness (QED) is 0.621. The van der Waals surface area contributed by atoms with Crippen LogP contribution in [0, 0.1) is 0 Å². The maximum atomic E-state index is 13.1. The van der Waals surface area contributed by atoms with Crippen molar-refractivity contribution in [1.29, 1.82) is 0 Å². The van der Waals surface area contributed by atoms with Crippen molar-refractivity contribution in [3.63, 3.8) is 0 Å². The summed E-state index contributed by atoms with van der Waals surface area (Å²) < 4.78 is 38.1. The number of sulfonamides is 1. The average molecular weight is 462 g/mol. The third-order valence-corrected chi connectivity index (χ3v) is 6.92. The predicted octanol–water partition coefficient (Wildman–Crippen LogP) is 1.92. The highest BCUT2D eigenvalue weighted by molar-refractivity contribution is 7.89. The molecule has 2 amide bonds. The number of methoxy groups -OCH3 is 1. The fraction of sp³-hybridized carbons (Fsp3) is 0.364. The fourth-order valence-electron chi connectivity index (χ4n) is 3.46. The monoisotopic (exact) mass is 461 g/mol. The van der Waals surface area contributed by atoms with Gasteiger partial charge in [-0.2, -0.15) is 4.31 Å². The summed E-state index contributed by atoms with van der Waals surface area (Å²) >= 11 is 0. The molecule has 0 radical (unpaired) electrons. The zero-order valence-electron chi connectivity index (χ0n) is 18.0. The van der Waals surface area contributed by atoms with E-state index in [2.05, 4.69) is 10.6 Å². The molecule has 9 nitrogen and oxygen atoms in total. The second-order valence-corrected chi connectivity index (χ2v) is 9.20. The largest absolute Gasteiger partial charge is 0.495 e. The summed E-state index contributed by atoms with van der Waals surface area (Å²) in [5, 5.41) is 5.50. The second-order valence-electron chi connectivity index (χ2n) is 7.30. The third kappa shape index (κ3) is 5.84. The van der Waals surface area contributed by atoms with E-state index in [0.29, 0.717) is 18.9 Å². The Hall–Kier alpha value is -2.95. The van der Waals surface area contributed by atoms with Crippen LogP contribution in [0.4, 0.5) is 5.69 Å². The number of rotatable bonds is 8. The number of hydrogen-bond donors (Lipinski definition) is 2. The maximum absolute atomic E-state index is 13.1. The molecule has 1 heterocycles. The number of morpholine rings is 1. The van der Waals surface area contributed by atoms with E-state index >= 15 is 0 Å². The molecule has 32 heavy (non-hydrogen) atoms. The van der Waals surface area contributed by atoms with Gasteiger partial charge in [0, 0.05) is 25.7 Å². The summed E-state index contributed by atoms with van der Waals surface area (Å²) in [4.78, 5) is 24.3. The van der Waals surface area contributed by atoms with Crippen LogP contribution < -0.4 is 15.4 Å². The van der Waals surface area contributed by atoms with Crippen LogP contribution in [-0.4, -0.2) is 58.0 Å². The molecule has 1 aliphatic rings. The molecule has 2 aromatic carbocycles. The van der Waals surface area contributed by atoms with Crippen molar-refractivity contribution in [2.24, 2.45) is 0 Å². The van der Waals surface area contributed by atoms with Gasteiger partial charge in [-0.05, 0) is 23.8 Å². The Bertz CT molecular complexity index is 1050. The zero-order chi connectivity index (χ0) is 23.1. The lowest BCUT2D eigenvalue weighted by Crippen LogP contribution is -2.40. The summed E-state index contributed by atoms with van der Waals surface area (Å²) in [7, 11) is -2.43. The maximum Gasteiger partial charge on any atom is 0.246 e. The molecular formula is C22H27N3O6S. The topological polar surface area (TPSA) is 114 Å². The Balaban J connectivity index is 1.80. The number of carbonyl (C=O) groups excluding carboxylic acids is 2. The Morgan fingerprint density at radius 1 is 1.12 bits per heavy atom. The molecule has 2 aromatic rings. The second kappa shape index (κ2) is 10.6. The molecule has 1 saturated heterocycles. The third-order valence-electron chi connectivity index (χ3n) is 5.00. The summed E-state index contributed by atoms with van der Waals surface area (Å²) in [5.41, 5.74) is 1.11. The minimum absolute atomic E-state index is 0.0127. The molecule has 0 unspecified atom stereocenters. The van der Waals surface area contributed by atoms with Crippen molar-refractivity contribution in [3.05, 3.63) is 54.1 Å². The summed E-state index contributed by atoms with van der Waals surface area (Å²) in [5.74, 6) is -0.433. The molecule has 2 N–H and O–H groups in total. The van der Waals surface area contributed by atoms with Crippen molar-refractivity contribution in [2.45, 2.75) is 24.3 Å². The van der Waals surface area contributed by atoms with Crippen LogP contribution in [-0.2, 0) is 24.3 Å². The molecule has 0 aromatic heterocycles. The highest BCUT2D eigenvalue weighted by Gasteiger charge is 2.29. The number of hydrogen-bond acceptors (Lipinski definition) is 6. The summed E-state index contributed by atoms with van der Waals surface area (Å²) in [6.45, 7) is 2.53. The van der Waals surface area contributed by atoms with Crippen LogP contribution in [0.5, 0.6) is 5.75 Å². The molecule has 1 fully saturated rings. The van der Waals surface area contributed by atoms with Gasteiger partial charge >= 0.3 is 0 Å². The lowest BCUT2D eigenvalue weighted by atomic mass is 10.0. The van der Waals surface area contributed by atoms with Gasteiger partial charge in [0.2, 0.25) is 21.8 Å². The van der Waals surface area contributed by atoms with Crippen molar-refractivity contribution in [3.8, 4) is 5.75 Å². The van der Waals surface area contributed by atoms with Crippen molar-refractivity contribution < 1.29 is 27.5 Å². The van der Waals surface area contributed by atoms with Crippen molar-refractivity contribution in [1.82, 2.24) is 9.62 Å². The number of amides is 2. The minimum Gasteiger partial charge on any atom is -0.495 e. The number of ether oxygens (including phenoxy) is 2. The summed E-state index contributed by atoms with van der Waals surface area (Å²) in [6, 6.07) is 13.1. The Kier molecular flexibility index (Phi) is 7.84. The van der Waals surface area contributed by atoms with Gasteiger partial charge in [-0.25, -0.2) is 8.42 Å². The molecule has 0 spiro atoms. The van der Waals surface area contributed by atoms with Gasteiger partial charge in [-0.15, -0.1) is 0 Å². The molecule has 3 rings (SSSR count). The standard InChI is InChI=1S/C22H27N3O6S/c1-16(26)23-19(17-6-4-3-5-7-17)15-22(27)24-18-8-9-20(30-2)21(14-18)32(28,29)25-10-12-31-13-11-25/h3-9,14,19H,10-13,15H2,1-2H3,(H,23,26)(H,24,27)/t19-/m0/s1. The van der Waals surface area contributed by atoms with E-state index in [9.17, 15) is 18.0 Å². The predicted molar refractivity (Wildman–Crippen MR) is 119 cm³/mol. The van der Waals surface area contributed by atoms with Gasteiger partial charge < -0.3 is 20.1 Å². The number of carbonyl (C=O) groups is 2. The molecular weight excluding hydrogens is 434 g/mol. The molecule has 0 bridgehead atoms. The zero-order valence-corrected chi connectivity index (χ0v) is 18.9. The van der Waals surface area contributed by atoms with Crippen LogP contribution in [0.15, 0.2) is 53.4 Å². The number of nitrogens with one attached hydrogen (secondary N) is 2. The normalized spacial score (nSPS) is 15.6. The highest BCUT2D eigenvalue weighted by atomic mass is 32.2. The first-order chi connectivity index (χ1) is 15.3. The average Bonchev–Trinajstić information content (AvgIpc) is 2.79. The van der Waals surface area contributed by atoms with Gasteiger partial charge in [0.1, 0.15) is 10.6 Å². The lowest BCUT2D eigenvalue weighted by molar-refractivity contribution is -0.120. The van der Waals surface area contributed by atoms with E-state index in [1.165, 1.54) is 30.5 Å². The molecule has 10 heteroatoms. The van der Waals surface area contributed by atoms with E-state index in [1.807, 2.05) is 30.3 Å². The fourth-order valence-corrected chi connectivity index (χ4v) is 5.05. The Morgan fingerprint density at radius 3 is 2.44 bits per heavy atom. The summed E-state index contributed by atoms with van der Waals surface area (Å²) in [6.07, 6.45) is -0.0127. The minimum atomic E-state index is -3.82. The first-order valence-electron chi connectivity index (χ1n) is 10.2. The number of benzene rings is 2. The lowest BCUT2D eigenvalue weighted by Gasteiger charge is -2.27. The van der Waals surface area contributed by atoms with Crippen molar-refractivity contribution >= 4 is 27.5 Å². The van der Waals surface area contributed by atoms with Gasteiger partial charge in [0.15, 0.2) is 0 Å². The van der Waals surface area contributed by atoms with E-state index in [1.54, 1.807) is 6.07 Å². The number of anilines is 1. The van der Waals surface area contributed by atoms with Gasteiger partial charge in [-0.1, -0.05) is 30.3 Å². The van der Waals surface area contributed by atoms with E-state index < -0.39 is 16.1 Å². The molecule has 1 atom stereocenters. The molecule has 0 saturated carbocycles. The number of nitrogens with zero attached hydrogens (tertiary/aromatic N) is 1. The van der Waals surface area contributed by atoms with Crippen LogP contribution in [0.3, 0.4) is 0 Å². The van der Waals surface area contributed by atoms with Gasteiger partial charge in [0.05, 0.1) is 32.8 Å². The van der Waals surface area contributed by atoms with Gasteiger partial charge in [-0.3, -0.25) is 9.59 Å².